The molecule has 0 atom stereocenters. The van der Waals surface area contributed by atoms with Crippen LogP contribution in [0.25, 0.3) is 66.1 Å². The van der Waals surface area contributed by atoms with Crippen LogP contribution in [-0.2, 0) is 25.7 Å². The van der Waals surface area contributed by atoms with Gasteiger partial charge in [0.25, 0.3) is 0 Å². The highest BCUT2D eigenvalue weighted by Crippen LogP contribution is 2.52. The molecule has 0 N–H and O–H groups in total. The summed E-state index contributed by atoms with van der Waals surface area (Å²) in [6.45, 7) is 0. The van der Waals surface area contributed by atoms with Crippen LogP contribution in [0, 0.1) is 0 Å². The zero-order chi connectivity index (χ0) is 45.0. The van der Waals surface area contributed by atoms with Gasteiger partial charge < -0.3 is 9.80 Å². The molecule has 0 spiro atoms. The number of benzene rings is 11. The van der Waals surface area contributed by atoms with Crippen LogP contribution in [0.2, 0.25) is 0 Å². The summed E-state index contributed by atoms with van der Waals surface area (Å²) < 4.78 is 0. The van der Waals surface area contributed by atoms with E-state index in [0.29, 0.717) is 0 Å². The standard InChI is InChI=1S/C66H48N2/c1-3-19-45(20-4-1)53-27-11-13-29-55(53)65-57-41-39-52(68-63-33-17-9-25-49(63)37-38-50-26-10-18-34-64(50)68)44-60(57)66(56-30-14-12-28-54(56)46-21-5-2-6-22-46)58-42-40-51(43-59(58)65)67-61-31-15-7-23-47(61)35-36-48-24-8-16-32-62(48)67/h1-34,39-44H,35-38H2. The Kier molecular flexibility index (Phi) is 9.83. The molecular weight excluding hydrogens is 821 g/mol. The maximum Gasteiger partial charge on any atom is 0.0493 e. The Morgan fingerprint density at radius 1 is 0.235 bits per heavy atom. The smallest absolute Gasteiger partial charge is 0.0493 e. The highest BCUT2D eigenvalue weighted by atomic mass is 15.2. The number of hydrogen-bond acceptors (Lipinski definition) is 2. The van der Waals surface area contributed by atoms with Gasteiger partial charge in [0.05, 0.1) is 0 Å². The number of fused-ring (bicyclic) bond motifs is 6. The second-order valence-corrected chi connectivity index (χ2v) is 18.2. The second kappa shape index (κ2) is 16.8. The minimum absolute atomic E-state index is 0.992. The quantitative estimate of drug-likeness (QED) is 0.154. The van der Waals surface area contributed by atoms with Crippen LogP contribution < -0.4 is 9.80 Å². The van der Waals surface area contributed by atoms with Gasteiger partial charge in [-0.05, 0) is 163 Å². The van der Waals surface area contributed by atoms with E-state index in [-0.39, 0.29) is 0 Å². The Hall–Kier alpha value is -8.46. The lowest BCUT2D eigenvalue weighted by atomic mass is 9.82. The summed E-state index contributed by atoms with van der Waals surface area (Å²) in [6, 6.07) is 90.4. The van der Waals surface area contributed by atoms with Crippen LogP contribution >= 0.6 is 0 Å². The SMILES string of the molecule is c1ccc(-c2ccccc2-c2c3ccc(N4c5ccccc5CCc5ccccc54)cc3c(-c3ccccc3-c3ccccc3)c3ccc(N4c5ccccc5CCc5ccccc54)cc23)cc1. The molecule has 2 heteroatoms. The first-order chi connectivity index (χ1) is 33.8. The van der Waals surface area contributed by atoms with Crippen molar-refractivity contribution in [2.45, 2.75) is 25.7 Å². The molecule has 0 aliphatic carbocycles. The van der Waals surface area contributed by atoms with Gasteiger partial charge in [0.1, 0.15) is 0 Å². The molecule has 0 fully saturated rings. The lowest BCUT2D eigenvalue weighted by molar-refractivity contribution is 0.977. The fraction of sp³-hybridized carbons (Fsp3) is 0.0606. The average Bonchev–Trinajstić information content (AvgIpc) is 3.69. The summed E-state index contributed by atoms with van der Waals surface area (Å²) in [6.07, 6.45) is 3.97. The van der Waals surface area contributed by atoms with E-state index in [9.17, 15) is 0 Å². The highest BCUT2D eigenvalue weighted by Gasteiger charge is 2.28. The van der Waals surface area contributed by atoms with E-state index in [2.05, 4.69) is 252 Å². The van der Waals surface area contributed by atoms with Gasteiger partial charge in [0.2, 0.25) is 0 Å². The molecule has 0 radical (unpaired) electrons. The van der Waals surface area contributed by atoms with Gasteiger partial charge in [-0.1, -0.05) is 194 Å². The topological polar surface area (TPSA) is 6.48 Å². The number of nitrogens with zero attached hydrogens (tertiary/aromatic N) is 2. The van der Waals surface area contributed by atoms with Gasteiger partial charge >= 0.3 is 0 Å². The maximum atomic E-state index is 2.52. The van der Waals surface area contributed by atoms with Crippen molar-refractivity contribution >= 4 is 55.7 Å². The molecule has 0 saturated heterocycles. The largest absolute Gasteiger partial charge is 0.310 e. The molecule has 2 nitrogen and oxygen atoms in total. The second-order valence-electron chi connectivity index (χ2n) is 18.2. The Morgan fingerprint density at radius 2 is 0.529 bits per heavy atom. The Morgan fingerprint density at radius 3 is 0.882 bits per heavy atom. The molecule has 11 aromatic rings. The van der Waals surface area contributed by atoms with Gasteiger partial charge in [-0.25, -0.2) is 0 Å². The third-order valence-corrected chi connectivity index (χ3v) is 14.4. The molecule has 0 amide bonds. The summed E-state index contributed by atoms with van der Waals surface area (Å²) in [5, 5.41) is 4.86. The van der Waals surface area contributed by atoms with E-state index in [1.807, 2.05) is 0 Å². The molecule has 0 bridgehead atoms. The molecule has 0 aromatic heterocycles. The highest BCUT2D eigenvalue weighted by molar-refractivity contribution is 6.24. The van der Waals surface area contributed by atoms with Crippen molar-refractivity contribution in [2.75, 3.05) is 9.80 Å². The van der Waals surface area contributed by atoms with Crippen LogP contribution in [0.5, 0.6) is 0 Å². The molecule has 0 unspecified atom stereocenters. The monoisotopic (exact) mass is 868 g/mol. The molecule has 11 aromatic carbocycles. The molecule has 68 heavy (non-hydrogen) atoms. The van der Waals surface area contributed by atoms with Gasteiger partial charge in [-0.15, -0.1) is 0 Å². The predicted molar refractivity (Wildman–Crippen MR) is 287 cm³/mol. The van der Waals surface area contributed by atoms with E-state index in [4.69, 9.17) is 0 Å². The summed E-state index contributed by atoms with van der Waals surface area (Å²) in [4.78, 5) is 5.03. The average molecular weight is 869 g/mol. The zero-order valence-electron chi connectivity index (χ0n) is 37.8. The minimum Gasteiger partial charge on any atom is -0.310 e. The Labute approximate surface area is 398 Å². The third kappa shape index (κ3) is 6.71. The zero-order valence-corrected chi connectivity index (χ0v) is 37.8. The Balaban J connectivity index is 1.18. The van der Waals surface area contributed by atoms with E-state index in [0.717, 1.165) is 37.1 Å². The van der Waals surface area contributed by atoms with Gasteiger partial charge in [0.15, 0.2) is 0 Å². The predicted octanol–water partition coefficient (Wildman–Crippen LogP) is 17.8. The summed E-state index contributed by atoms with van der Waals surface area (Å²) >= 11 is 0. The van der Waals surface area contributed by atoms with E-state index < -0.39 is 0 Å². The summed E-state index contributed by atoms with van der Waals surface area (Å²) in [7, 11) is 0. The van der Waals surface area contributed by atoms with E-state index in [1.165, 1.54) is 111 Å². The van der Waals surface area contributed by atoms with Crippen molar-refractivity contribution in [1.29, 1.82) is 0 Å². The number of rotatable bonds is 6. The molecule has 322 valence electrons. The minimum atomic E-state index is 0.992. The van der Waals surface area contributed by atoms with Crippen molar-refractivity contribution in [1.82, 2.24) is 0 Å². The van der Waals surface area contributed by atoms with Crippen molar-refractivity contribution in [3.63, 3.8) is 0 Å². The van der Waals surface area contributed by atoms with Crippen molar-refractivity contribution in [2.24, 2.45) is 0 Å². The number of hydrogen-bond donors (Lipinski definition) is 0. The lowest BCUT2D eigenvalue weighted by Crippen LogP contribution is -2.12. The normalized spacial score (nSPS) is 13.0. The summed E-state index contributed by atoms with van der Waals surface area (Å²) in [5.41, 5.74) is 22.4. The van der Waals surface area contributed by atoms with Crippen LogP contribution in [0.15, 0.2) is 243 Å². The molecule has 2 aliphatic heterocycles. The van der Waals surface area contributed by atoms with Gasteiger partial charge in [0, 0.05) is 34.1 Å². The van der Waals surface area contributed by atoms with Crippen LogP contribution in [0.4, 0.5) is 34.1 Å². The number of para-hydroxylation sites is 4. The van der Waals surface area contributed by atoms with Gasteiger partial charge in [-0.2, -0.15) is 0 Å². The fourth-order valence-electron chi connectivity index (χ4n) is 11.3. The number of aryl methyl sites for hydroxylation is 4. The molecular formula is C66H48N2. The number of anilines is 6. The molecule has 0 saturated carbocycles. The van der Waals surface area contributed by atoms with Gasteiger partial charge in [-0.3, -0.25) is 0 Å². The fourth-order valence-corrected chi connectivity index (χ4v) is 11.3. The van der Waals surface area contributed by atoms with E-state index >= 15 is 0 Å². The van der Waals surface area contributed by atoms with Crippen LogP contribution in [-0.4, -0.2) is 0 Å². The summed E-state index contributed by atoms with van der Waals surface area (Å²) in [5.74, 6) is 0. The first kappa shape index (κ1) is 39.9. The lowest BCUT2D eigenvalue weighted by Gasteiger charge is -2.29. The van der Waals surface area contributed by atoms with Crippen molar-refractivity contribution < 1.29 is 0 Å². The first-order valence-electron chi connectivity index (χ1n) is 24.0. The Bertz CT molecular complexity index is 3360. The van der Waals surface area contributed by atoms with Crippen molar-refractivity contribution in [3.8, 4) is 44.5 Å². The molecule has 2 aliphatic rings. The maximum absolute atomic E-state index is 2.52. The van der Waals surface area contributed by atoms with E-state index in [1.54, 1.807) is 0 Å². The van der Waals surface area contributed by atoms with Crippen LogP contribution in [0.1, 0.15) is 22.3 Å². The third-order valence-electron chi connectivity index (χ3n) is 14.4. The first-order valence-corrected chi connectivity index (χ1v) is 24.0. The molecule has 2 heterocycles. The van der Waals surface area contributed by atoms with Crippen molar-refractivity contribution in [3.05, 3.63) is 265 Å². The molecule has 13 rings (SSSR count). The van der Waals surface area contributed by atoms with Crippen LogP contribution in [0.3, 0.4) is 0 Å².